The maximum absolute atomic E-state index is 11.3. The van der Waals surface area contributed by atoms with Crippen molar-refractivity contribution in [2.75, 3.05) is 19.7 Å². The van der Waals surface area contributed by atoms with E-state index in [0.29, 0.717) is 0 Å². The Morgan fingerprint density at radius 1 is 1.58 bits per heavy atom. The minimum absolute atomic E-state index is 0.00309. The number of nitrogens with one attached hydrogen (secondary N) is 1. The number of piperidine rings is 1. The standard InChI is InChI=1S/C13H19N3O2S/c1-10-13(18-9-11(17)15-10)2-5-16(6-3-13)8-12-14-4-7-19-12/h4,7,10H,2-3,5-6,8-9H2,1H3,(H,15,17)/t10-/m0/s1. The molecule has 0 saturated carbocycles. The number of carbonyl (C=O) groups excluding carboxylic acids is 1. The van der Waals surface area contributed by atoms with Crippen molar-refractivity contribution in [3.05, 3.63) is 16.6 Å². The van der Waals surface area contributed by atoms with E-state index in [1.807, 2.05) is 18.5 Å². The van der Waals surface area contributed by atoms with E-state index in [1.165, 1.54) is 5.01 Å². The van der Waals surface area contributed by atoms with Gasteiger partial charge in [0.2, 0.25) is 5.91 Å². The molecule has 0 unspecified atom stereocenters. The number of amides is 1. The molecule has 3 heterocycles. The molecule has 1 N–H and O–H groups in total. The van der Waals surface area contributed by atoms with E-state index >= 15 is 0 Å². The third-order valence-corrected chi connectivity index (χ3v) is 4.97. The monoisotopic (exact) mass is 281 g/mol. The van der Waals surface area contributed by atoms with Gasteiger partial charge in [-0.25, -0.2) is 4.98 Å². The van der Waals surface area contributed by atoms with Gasteiger partial charge in [-0.1, -0.05) is 0 Å². The molecule has 0 bridgehead atoms. The van der Waals surface area contributed by atoms with Crippen molar-refractivity contribution in [3.63, 3.8) is 0 Å². The summed E-state index contributed by atoms with van der Waals surface area (Å²) in [6.45, 7) is 5.18. The molecule has 5 nitrogen and oxygen atoms in total. The molecule has 1 aromatic heterocycles. The molecule has 1 aromatic rings. The molecule has 2 aliphatic rings. The summed E-state index contributed by atoms with van der Waals surface area (Å²) in [7, 11) is 0. The molecule has 3 rings (SSSR count). The van der Waals surface area contributed by atoms with Crippen LogP contribution in [-0.4, -0.2) is 47.1 Å². The van der Waals surface area contributed by atoms with Crippen LogP contribution in [0, 0.1) is 0 Å². The number of hydrogen-bond acceptors (Lipinski definition) is 5. The number of likely N-dealkylation sites (tertiary alicyclic amines) is 1. The fourth-order valence-electron chi connectivity index (χ4n) is 2.94. The van der Waals surface area contributed by atoms with Gasteiger partial charge >= 0.3 is 0 Å². The Bertz CT molecular complexity index is 441. The van der Waals surface area contributed by atoms with E-state index in [2.05, 4.69) is 15.2 Å². The molecule has 0 aliphatic carbocycles. The molecule has 19 heavy (non-hydrogen) atoms. The summed E-state index contributed by atoms with van der Waals surface area (Å²) in [5, 5.41) is 6.19. The first-order valence-electron chi connectivity index (χ1n) is 6.72. The molecule has 2 aliphatic heterocycles. The predicted octanol–water partition coefficient (Wildman–Crippen LogP) is 1.01. The number of aromatic nitrogens is 1. The summed E-state index contributed by atoms with van der Waals surface area (Å²) in [6, 6.07) is 0.107. The maximum Gasteiger partial charge on any atom is 0.246 e. The van der Waals surface area contributed by atoms with Gasteiger partial charge < -0.3 is 10.1 Å². The van der Waals surface area contributed by atoms with Crippen LogP contribution in [0.15, 0.2) is 11.6 Å². The topological polar surface area (TPSA) is 54.5 Å². The van der Waals surface area contributed by atoms with Gasteiger partial charge in [0.15, 0.2) is 0 Å². The van der Waals surface area contributed by atoms with Crippen molar-refractivity contribution in [2.24, 2.45) is 0 Å². The van der Waals surface area contributed by atoms with E-state index < -0.39 is 0 Å². The van der Waals surface area contributed by atoms with Crippen LogP contribution in [0.2, 0.25) is 0 Å². The van der Waals surface area contributed by atoms with Gasteiger partial charge in [-0.2, -0.15) is 0 Å². The zero-order chi connectivity index (χ0) is 13.3. The van der Waals surface area contributed by atoms with Crippen LogP contribution in [0.25, 0.3) is 0 Å². The lowest BCUT2D eigenvalue weighted by atomic mass is 9.83. The molecule has 0 radical (unpaired) electrons. The minimum atomic E-state index is -0.159. The first-order valence-corrected chi connectivity index (χ1v) is 7.60. The van der Waals surface area contributed by atoms with Gasteiger partial charge in [-0.15, -0.1) is 11.3 Å². The van der Waals surface area contributed by atoms with Crippen molar-refractivity contribution < 1.29 is 9.53 Å². The molecular formula is C13H19N3O2S. The molecular weight excluding hydrogens is 262 g/mol. The Morgan fingerprint density at radius 2 is 2.37 bits per heavy atom. The van der Waals surface area contributed by atoms with Gasteiger partial charge in [-0.3, -0.25) is 9.69 Å². The largest absolute Gasteiger partial charge is 0.363 e. The number of thiazole rings is 1. The first-order chi connectivity index (χ1) is 9.18. The summed E-state index contributed by atoms with van der Waals surface area (Å²) in [5.74, 6) is 0.00309. The fourth-order valence-corrected chi connectivity index (χ4v) is 3.60. The van der Waals surface area contributed by atoms with E-state index in [4.69, 9.17) is 4.74 Å². The molecule has 6 heteroatoms. The van der Waals surface area contributed by atoms with Gasteiger partial charge in [0.1, 0.15) is 11.6 Å². The summed E-state index contributed by atoms with van der Waals surface area (Å²) in [6.07, 6.45) is 3.80. The molecule has 2 saturated heterocycles. The van der Waals surface area contributed by atoms with Crippen LogP contribution in [0.3, 0.4) is 0 Å². The molecule has 1 atom stereocenters. The summed E-state index contributed by atoms with van der Waals surface area (Å²) >= 11 is 1.70. The van der Waals surface area contributed by atoms with Crippen molar-refractivity contribution in [1.82, 2.24) is 15.2 Å². The van der Waals surface area contributed by atoms with Gasteiger partial charge in [-0.05, 0) is 19.8 Å². The van der Waals surface area contributed by atoms with Gasteiger partial charge in [0.05, 0.1) is 18.2 Å². The number of ether oxygens (including phenoxy) is 1. The second-order valence-electron chi connectivity index (χ2n) is 5.34. The minimum Gasteiger partial charge on any atom is -0.363 e. The molecule has 104 valence electrons. The van der Waals surface area contributed by atoms with E-state index in [9.17, 15) is 4.79 Å². The zero-order valence-electron chi connectivity index (χ0n) is 11.1. The quantitative estimate of drug-likeness (QED) is 0.879. The summed E-state index contributed by atoms with van der Waals surface area (Å²) in [4.78, 5) is 18.1. The highest BCUT2D eigenvalue weighted by molar-refractivity contribution is 7.09. The smallest absolute Gasteiger partial charge is 0.246 e. The molecule has 2 fully saturated rings. The summed E-state index contributed by atoms with van der Waals surface area (Å²) in [5.41, 5.74) is -0.159. The van der Waals surface area contributed by atoms with Crippen LogP contribution >= 0.6 is 11.3 Å². The van der Waals surface area contributed by atoms with E-state index in [1.54, 1.807) is 11.3 Å². The number of morpholine rings is 1. The predicted molar refractivity (Wildman–Crippen MR) is 72.9 cm³/mol. The lowest BCUT2D eigenvalue weighted by molar-refractivity contribution is -0.159. The Kier molecular flexibility index (Phi) is 3.56. The Balaban J connectivity index is 1.58. The van der Waals surface area contributed by atoms with Crippen LogP contribution in [0.1, 0.15) is 24.8 Å². The van der Waals surface area contributed by atoms with Crippen molar-refractivity contribution in [1.29, 1.82) is 0 Å². The number of rotatable bonds is 2. The van der Waals surface area contributed by atoms with Gasteiger partial charge in [0, 0.05) is 24.7 Å². The second kappa shape index (κ2) is 5.19. The molecule has 0 aromatic carbocycles. The zero-order valence-corrected chi connectivity index (χ0v) is 11.9. The highest BCUT2D eigenvalue weighted by Crippen LogP contribution is 2.32. The normalized spacial score (nSPS) is 27.4. The van der Waals surface area contributed by atoms with E-state index in [-0.39, 0.29) is 24.2 Å². The van der Waals surface area contributed by atoms with Crippen molar-refractivity contribution >= 4 is 17.2 Å². The van der Waals surface area contributed by atoms with E-state index in [0.717, 1.165) is 32.5 Å². The van der Waals surface area contributed by atoms with Crippen LogP contribution in [0.5, 0.6) is 0 Å². The average Bonchev–Trinajstić information content (AvgIpc) is 2.90. The first kappa shape index (κ1) is 13.0. The second-order valence-corrected chi connectivity index (χ2v) is 6.32. The van der Waals surface area contributed by atoms with Gasteiger partial charge in [0.25, 0.3) is 0 Å². The molecule has 1 spiro atoms. The molecule has 1 amide bonds. The third kappa shape index (κ3) is 2.66. The Hall–Kier alpha value is -0.980. The Morgan fingerprint density at radius 3 is 3.00 bits per heavy atom. The van der Waals surface area contributed by atoms with Crippen LogP contribution < -0.4 is 5.32 Å². The lowest BCUT2D eigenvalue weighted by Crippen LogP contribution is -2.62. The third-order valence-electron chi connectivity index (χ3n) is 4.20. The SMILES string of the molecule is C[C@@H]1NC(=O)COC12CCN(Cc1nccs1)CC2. The maximum atomic E-state index is 11.3. The highest BCUT2D eigenvalue weighted by atomic mass is 32.1. The van der Waals surface area contributed by atoms with Crippen LogP contribution in [-0.2, 0) is 16.1 Å². The number of nitrogens with zero attached hydrogens (tertiary/aromatic N) is 2. The van der Waals surface area contributed by atoms with Crippen molar-refractivity contribution in [3.8, 4) is 0 Å². The number of hydrogen-bond donors (Lipinski definition) is 1. The van der Waals surface area contributed by atoms with Crippen molar-refractivity contribution in [2.45, 2.75) is 38.0 Å². The average molecular weight is 281 g/mol. The summed E-state index contributed by atoms with van der Waals surface area (Å²) < 4.78 is 5.86. The fraction of sp³-hybridized carbons (Fsp3) is 0.692. The van der Waals surface area contributed by atoms with Crippen LogP contribution in [0.4, 0.5) is 0 Å². The highest BCUT2D eigenvalue weighted by Gasteiger charge is 2.44. The Labute approximate surface area is 117 Å². The lowest BCUT2D eigenvalue weighted by Gasteiger charge is -2.47. The number of carbonyl (C=O) groups is 1.